The van der Waals surface area contributed by atoms with E-state index in [0.29, 0.717) is 43.1 Å². The number of anilines is 3. The van der Waals surface area contributed by atoms with Crippen LogP contribution in [0.15, 0.2) is 72.9 Å². The number of nitrogens with one attached hydrogen (secondary N) is 1. The van der Waals surface area contributed by atoms with Crippen LogP contribution >= 0.6 is 11.6 Å². The minimum Gasteiger partial charge on any atom is -0.497 e. The molecule has 3 aromatic heterocycles. The van der Waals surface area contributed by atoms with Crippen LogP contribution < -0.4 is 34.1 Å². The molecule has 1 saturated heterocycles. The molecule has 1 atom stereocenters. The highest BCUT2D eigenvalue weighted by Crippen LogP contribution is 2.51. The number of rotatable bonds is 14. The summed E-state index contributed by atoms with van der Waals surface area (Å²) in [7, 11) is 3.09. The fraction of sp³-hybridized carbons (Fsp3) is 0.340. The molecule has 8 rings (SSSR count). The first-order chi connectivity index (χ1) is 31.7. The van der Waals surface area contributed by atoms with Crippen LogP contribution in [0.2, 0.25) is 5.02 Å². The monoisotopic (exact) mass is 931 g/mol. The molecular weight excluding hydrogens is 886 g/mol. The standard InChI is InChI=1S/C47H46ClF4N7O7/c1-26-22-34(58(23-28-7-11-31(62-3)12-8-28)24-29-9-13-32(63-4)14-10-29)54-40(37(26)47(50,51)52)35-38(48)42-36-41(39(35)49)55-45(66-25-30-15-19-64-20-16-30)57-44(36)59(18-21-65-42)27(2)33-6-5-17-53-43(33)56-46(60)61/h5-14,17,22,27,30H,15-16,18-21,23-25H2,1-4H3,(H,53,56)(H,60,61)/t27-/m1/s1. The summed E-state index contributed by atoms with van der Waals surface area (Å²) in [6, 6.07) is 18.2. The second kappa shape index (κ2) is 19.4. The lowest BCUT2D eigenvalue weighted by atomic mass is 9.98. The highest BCUT2D eigenvalue weighted by Gasteiger charge is 2.41. The molecule has 5 heterocycles. The Morgan fingerprint density at radius 1 is 0.985 bits per heavy atom. The van der Waals surface area contributed by atoms with Gasteiger partial charge in [-0.15, -0.1) is 0 Å². The van der Waals surface area contributed by atoms with Gasteiger partial charge in [-0.2, -0.15) is 23.1 Å². The number of methoxy groups -OCH3 is 2. The van der Waals surface area contributed by atoms with Gasteiger partial charge in [-0.1, -0.05) is 41.9 Å². The molecule has 14 nitrogen and oxygen atoms in total. The number of hydrogen-bond acceptors (Lipinski definition) is 12. The van der Waals surface area contributed by atoms with Crippen molar-refractivity contribution >= 4 is 46.1 Å². The zero-order chi connectivity index (χ0) is 46.7. The van der Waals surface area contributed by atoms with E-state index in [1.165, 1.54) is 19.2 Å². The van der Waals surface area contributed by atoms with E-state index < -0.39 is 51.5 Å². The van der Waals surface area contributed by atoms with Crippen molar-refractivity contribution in [3.05, 3.63) is 112 Å². The lowest BCUT2D eigenvalue weighted by molar-refractivity contribution is -0.137. The van der Waals surface area contributed by atoms with Crippen molar-refractivity contribution < 1.29 is 51.1 Å². The largest absolute Gasteiger partial charge is 0.497 e. The Morgan fingerprint density at radius 3 is 2.24 bits per heavy atom. The van der Waals surface area contributed by atoms with Gasteiger partial charge in [-0.05, 0) is 85.7 Å². The Labute approximate surface area is 382 Å². The van der Waals surface area contributed by atoms with Crippen LogP contribution in [-0.4, -0.2) is 78.3 Å². The smallest absolute Gasteiger partial charge is 0.418 e. The van der Waals surface area contributed by atoms with Crippen molar-refractivity contribution in [1.29, 1.82) is 0 Å². The summed E-state index contributed by atoms with van der Waals surface area (Å²) >= 11 is 7.15. The van der Waals surface area contributed by atoms with Gasteiger partial charge < -0.3 is 38.6 Å². The lowest BCUT2D eigenvalue weighted by Gasteiger charge is -2.31. The van der Waals surface area contributed by atoms with Crippen molar-refractivity contribution in [1.82, 2.24) is 19.9 Å². The van der Waals surface area contributed by atoms with E-state index in [2.05, 4.69) is 20.3 Å². The molecule has 6 aromatic rings. The molecule has 19 heteroatoms. The first kappa shape index (κ1) is 45.9. The van der Waals surface area contributed by atoms with Crippen LogP contribution in [0.1, 0.15) is 53.6 Å². The number of aromatic nitrogens is 4. The van der Waals surface area contributed by atoms with Crippen LogP contribution in [0.25, 0.3) is 22.2 Å². The SMILES string of the molecule is COc1ccc(CN(Cc2ccc(OC)cc2)c2cc(C)c(C(F)(F)F)c(-c3c(Cl)c4c5c(nc(OCC6CCOCC6)nc5c3F)N([C@H](C)c3cccnc3NC(=O)O)CCO4)n2)cc1. The summed E-state index contributed by atoms with van der Waals surface area (Å²) in [6.07, 6.45) is -3.52. The molecule has 1 fully saturated rings. The summed E-state index contributed by atoms with van der Waals surface area (Å²) in [4.78, 5) is 33.5. The number of hydrogen-bond donors (Lipinski definition) is 2. The molecule has 0 radical (unpaired) electrons. The second-order valence-electron chi connectivity index (χ2n) is 15.9. The van der Waals surface area contributed by atoms with Gasteiger partial charge in [-0.25, -0.2) is 19.2 Å². The van der Waals surface area contributed by atoms with Crippen LogP contribution in [0.5, 0.6) is 23.3 Å². The van der Waals surface area contributed by atoms with Gasteiger partial charge >= 0.3 is 18.3 Å². The molecule has 2 aliphatic rings. The fourth-order valence-electron chi connectivity index (χ4n) is 8.29. The Balaban J connectivity index is 1.33. The van der Waals surface area contributed by atoms with Gasteiger partial charge in [0.05, 0.1) is 60.6 Å². The van der Waals surface area contributed by atoms with Crippen LogP contribution in [0, 0.1) is 18.7 Å². The first-order valence-electron chi connectivity index (χ1n) is 21.1. The molecule has 66 heavy (non-hydrogen) atoms. The number of carbonyl (C=O) groups is 1. The third-order valence-corrected chi connectivity index (χ3v) is 12.0. The molecule has 0 spiro atoms. The van der Waals surface area contributed by atoms with Gasteiger partial charge in [0.15, 0.2) is 11.6 Å². The average molecular weight is 932 g/mol. The van der Waals surface area contributed by atoms with Crippen molar-refractivity contribution in [2.24, 2.45) is 5.92 Å². The van der Waals surface area contributed by atoms with Crippen LogP contribution in [-0.2, 0) is 24.0 Å². The maximum atomic E-state index is 17.9. The molecule has 0 bridgehead atoms. The van der Waals surface area contributed by atoms with E-state index in [9.17, 15) is 9.90 Å². The highest BCUT2D eigenvalue weighted by molar-refractivity contribution is 6.36. The number of alkyl halides is 3. The quantitative estimate of drug-likeness (QED) is 0.0997. The van der Waals surface area contributed by atoms with E-state index in [-0.39, 0.29) is 78.9 Å². The number of pyridine rings is 2. The molecule has 0 unspecified atom stereocenters. The number of halogens is 5. The van der Waals surface area contributed by atoms with Crippen LogP contribution in [0.4, 0.5) is 39.8 Å². The minimum absolute atomic E-state index is 0.0253. The summed E-state index contributed by atoms with van der Waals surface area (Å²) in [6.45, 7) is 4.65. The van der Waals surface area contributed by atoms with Crippen molar-refractivity contribution in [2.45, 2.75) is 52.0 Å². The molecule has 2 aliphatic heterocycles. The Morgan fingerprint density at radius 2 is 1.64 bits per heavy atom. The maximum Gasteiger partial charge on any atom is 0.418 e. The number of amides is 1. The van der Waals surface area contributed by atoms with Gasteiger partial charge in [0.2, 0.25) is 0 Å². The second-order valence-corrected chi connectivity index (χ2v) is 16.3. The summed E-state index contributed by atoms with van der Waals surface area (Å²) in [5.41, 5.74) is -1.26. The topological polar surface area (TPSA) is 154 Å². The van der Waals surface area contributed by atoms with Crippen molar-refractivity contribution in [3.8, 4) is 34.5 Å². The zero-order valence-electron chi connectivity index (χ0n) is 36.4. The number of carboxylic acid groups (broad SMARTS) is 1. The summed E-state index contributed by atoms with van der Waals surface area (Å²) < 4.78 is 92.9. The third kappa shape index (κ3) is 9.65. The predicted molar refractivity (Wildman–Crippen MR) is 240 cm³/mol. The summed E-state index contributed by atoms with van der Waals surface area (Å²) in [5.74, 6) is 0.191. The molecular formula is C47H46ClF4N7O7. The number of aryl methyl sites for hydroxylation is 1. The van der Waals surface area contributed by atoms with E-state index in [1.54, 1.807) is 67.3 Å². The lowest BCUT2D eigenvalue weighted by Crippen LogP contribution is -2.32. The van der Waals surface area contributed by atoms with Gasteiger partial charge in [0, 0.05) is 38.1 Å². The maximum absolute atomic E-state index is 17.9. The van der Waals surface area contributed by atoms with E-state index in [4.69, 9.17) is 40.3 Å². The van der Waals surface area contributed by atoms with Crippen molar-refractivity contribution in [2.75, 3.05) is 62.3 Å². The molecule has 0 saturated carbocycles. The Kier molecular flexibility index (Phi) is 13.5. The van der Waals surface area contributed by atoms with Crippen LogP contribution in [0.3, 0.4) is 0 Å². The number of ether oxygens (including phenoxy) is 5. The molecule has 2 N–H and O–H groups in total. The Hall–Kier alpha value is -6.66. The fourth-order valence-corrected chi connectivity index (χ4v) is 8.61. The average Bonchev–Trinajstić information content (AvgIpc) is 3.50. The molecule has 346 valence electrons. The highest BCUT2D eigenvalue weighted by atomic mass is 35.5. The normalized spacial score (nSPS) is 14.6. The van der Waals surface area contributed by atoms with E-state index in [1.807, 2.05) is 24.3 Å². The molecule has 3 aromatic carbocycles. The van der Waals surface area contributed by atoms with Gasteiger partial charge in [0.1, 0.15) is 41.1 Å². The minimum atomic E-state index is -5.02. The first-order valence-corrected chi connectivity index (χ1v) is 21.5. The molecule has 0 aliphatic carbocycles. The summed E-state index contributed by atoms with van der Waals surface area (Å²) in [5, 5.41) is 11.4. The van der Waals surface area contributed by atoms with E-state index in [0.717, 1.165) is 11.1 Å². The number of nitrogens with zero attached hydrogens (tertiary/aromatic N) is 6. The Bertz CT molecular complexity index is 2680. The van der Waals surface area contributed by atoms with Crippen molar-refractivity contribution in [3.63, 3.8) is 0 Å². The third-order valence-electron chi connectivity index (χ3n) is 11.7. The number of benzene rings is 3. The van der Waals surface area contributed by atoms with Gasteiger partial charge in [-0.3, -0.25) is 5.32 Å². The van der Waals surface area contributed by atoms with Gasteiger partial charge in [0.25, 0.3) is 0 Å². The van der Waals surface area contributed by atoms with E-state index >= 15 is 17.6 Å². The zero-order valence-corrected chi connectivity index (χ0v) is 37.2. The molecule has 1 amide bonds. The predicted octanol–water partition coefficient (Wildman–Crippen LogP) is 10.3.